The molecule has 1 aromatic rings. The average Bonchev–Trinajstić information content (AvgIpc) is 2.25. The molecule has 1 atom stereocenters. The van der Waals surface area contributed by atoms with Crippen molar-refractivity contribution in [1.82, 2.24) is 0 Å². The molecular weight excluding hydrogens is 228 g/mol. The van der Waals surface area contributed by atoms with Crippen LogP contribution in [0.25, 0.3) is 0 Å². The zero-order valence-corrected chi connectivity index (χ0v) is 10.2. The summed E-state index contributed by atoms with van der Waals surface area (Å²) in [6.07, 6.45) is 1.88. The Morgan fingerprint density at radius 2 is 1.88 bits per heavy atom. The van der Waals surface area contributed by atoms with Crippen LogP contribution >= 0.6 is 0 Å². The zero-order chi connectivity index (χ0) is 12.2. The van der Waals surface area contributed by atoms with Gasteiger partial charge in [-0.2, -0.15) is 8.42 Å². The minimum atomic E-state index is -4.08. The maximum Gasteiger partial charge on any atom is 0.294 e. The molecule has 0 aliphatic heterocycles. The molecule has 1 rings (SSSR count). The van der Waals surface area contributed by atoms with Crippen LogP contribution in [0.3, 0.4) is 0 Å². The van der Waals surface area contributed by atoms with Crippen LogP contribution in [0.5, 0.6) is 0 Å². The molecule has 0 bridgehead atoms. The Morgan fingerprint density at radius 3 is 2.31 bits per heavy atom. The predicted molar refractivity (Wildman–Crippen MR) is 61.0 cm³/mol. The molecule has 4 nitrogen and oxygen atoms in total. The fraction of sp³-hybridized carbons (Fsp3) is 0.455. The van der Waals surface area contributed by atoms with Crippen LogP contribution in [0.15, 0.2) is 29.2 Å². The van der Waals surface area contributed by atoms with Crippen LogP contribution in [0, 0.1) is 0 Å². The molecule has 0 aromatic heterocycles. The molecule has 1 aromatic carbocycles. The van der Waals surface area contributed by atoms with Crippen molar-refractivity contribution in [2.45, 2.75) is 30.8 Å². The largest absolute Gasteiger partial charge is 0.382 e. The van der Waals surface area contributed by atoms with Gasteiger partial charge in [0.2, 0.25) is 0 Å². The first-order valence-electron chi connectivity index (χ1n) is 5.02. The van der Waals surface area contributed by atoms with Gasteiger partial charge < -0.3 is 4.74 Å². The Balaban J connectivity index is 2.66. The predicted octanol–water partition coefficient (Wildman–Crippen LogP) is 1.90. The quantitative estimate of drug-likeness (QED) is 0.803. The van der Waals surface area contributed by atoms with E-state index in [1.54, 1.807) is 19.2 Å². The van der Waals surface area contributed by atoms with Crippen LogP contribution in [0.2, 0.25) is 0 Å². The molecule has 16 heavy (non-hydrogen) atoms. The van der Waals surface area contributed by atoms with Crippen LogP contribution in [0.1, 0.15) is 18.9 Å². The number of hydrogen-bond donors (Lipinski definition) is 1. The molecule has 5 heteroatoms. The molecule has 0 aliphatic rings. The van der Waals surface area contributed by atoms with Gasteiger partial charge in [-0.1, -0.05) is 12.1 Å². The number of hydrogen-bond acceptors (Lipinski definition) is 3. The number of rotatable bonds is 5. The third kappa shape index (κ3) is 3.92. The summed E-state index contributed by atoms with van der Waals surface area (Å²) in [5, 5.41) is 0. The topological polar surface area (TPSA) is 63.6 Å². The highest BCUT2D eigenvalue weighted by atomic mass is 32.2. The fourth-order valence-corrected chi connectivity index (χ4v) is 1.80. The van der Waals surface area contributed by atoms with Gasteiger partial charge in [0.05, 0.1) is 11.0 Å². The van der Waals surface area contributed by atoms with Crippen LogP contribution in [-0.2, 0) is 21.3 Å². The lowest BCUT2D eigenvalue weighted by Gasteiger charge is -2.08. The van der Waals surface area contributed by atoms with Gasteiger partial charge in [0, 0.05) is 7.11 Å². The van der Waals surface area contributed by atoms with Crippen molar-refractivity contribution in [3.05, 3.63) is 29.8 Å². The van der Waals surface area contributed by atoms with Crippen molar-refractivity contribution in [3.63, 3.8) is 0 Å². The molecule has 0 heterocycles. The van der Waals surface area contributed by atoms with Gasteiger partial charge in [-0.15, -0.1) is 0 Å². The maximum atomic E-state index is 10.8. The first-order valence-corrected chi connectivity index (χ1v) is 6.46. The average molecular weight is 244 g/mol. The highest BCUT2D eigenvalue weighted by Crippen LogP contribution is 2.12. The Morgan fingerprint density at radius 1 is 1.31 bits per heavy atom. The Labute approximate surface area is 96.0 Å². The van der Waals surface area contributed by atoms with Crippen molar-refractivity contribution in [3.8, 4) is 0 Å². The van der Waals surface area contributed by atoms with Gasteiger partial charge in [-0.3, -0.25) is 4.55 Å². The molecule has 0 fully saturated rings. The van der Waals surface area contributed by atoms with E-state index >= 15 is 0 Å². The van der Waals surface area contributed by atoms with E-state index in [0.717, 1.165) is 18.4 Å². The summed E-state index contributed by atoms with van der Waals surface area (Å²) in [7, 11) is -2.42. The lowest BCUT2D eigenvalue weighted by Crippen LogP contribution is -2.06. The summed E-state index contributed by atoms with van der Waals surface area (Å²) < 4.78 is 35.5. The van der Waals surface area contributed by atoms with E-state index in [2.05, 4.69) is 0 Å². The number of benzene rings is 1. The molecule has 0 aliphatic carbocycles. The summed E-state index contributed by atoms with van der Waals surface area (Å²) in [5.74, 6) is 0. The third-order valence-corrected chi connectivity index (χ3v) is 3.33. The summed E-state index contributed by atoms with van der Waals surface area (Å²) in [4.78, 5) is -0.0731. The normalized spacial score (nSPS) is 13.7. The lowest BCUT2D eigenvalue weighted by molar-refractivity contribution is 0.111. The summed E-state index contributed by atoms with van der Waals surface area (Å²) in [5.41, 5.74) is 1.02. The second kappa shape index (κ2) is 5.43. The Bertz CT molecular complexity index is 422. The standard InChI is InChI=1S/C11H16O4S/c1-9(15-2)3-4-10-5-7-11(8-6-10)16(12,13)14/h5-9H,3-4H2,1-2H3,(H,12,13,14)/t9-/m1/s1. The van der Waals surface area contributed by atoms with Gasteiger partial charge in [0.1, 0.15) is 0 Å². The first-order chi connectivity index (χ1) is 7.43. The maximum absolute atomic E-state index is 10.8. The smallest absolute Gasteiger partial charge is 0.294 e. The molecule has 0 spiro atoms. The summed E-state index contributed by atoms with van der Waals surface area (Å²) in [6, 6.07) is 6.21. The molecule has 0 amide bonds. The van der Waals surface area contributed by atoms with E-state index in [1.807, 2.05) is 6.92 Å². The van der Waals surface area contributed by atoms with Gasteiger partial charge in [-0.05, 0) is 37.5 Å². The Hall–Kier alpha value is -0.910. The number of aryl methyl sites for hydroxylation is 1. The zero-order valence-electron chi connectivity index (χ0n) is 9.38. The van der Waals surface area contributed by atoms with E-state index in [4.69, 9.17) is 9.29 Å². The SMILES string of the molecule is CO[C@H](C)CCc1ccc(S(=O)(=O)O)cc1. The number of methoxy groups -OCH3 is 1. The van der Waals surface area contributed by atoms with Gasteiger partial charge in [0.15, 0.2) is 0 Å². The molecule has 1 N–H and O–H groups in total. The van der Waals surface area contributed by atoms with Crippen molar-refractivity contribution in [2.75, 3.05) is 7.11 Å². The van der Waals surface area contributed by atoms with Crippen LogP contribution in [0.4, 0.5) is 0 Å². The first kappa shape index (κ1) is 13.2. The third-order valence-electron chi connectivity index (χ3n) is 2.46. The van der Waals surface area contributed by atoms with E-state index in [9.17, 15) is 8.42 Å². The van der Waals surface area contributed by atoms with E-state index < -0.39 is 10.1 Å². The minimum absolute atomic E-state index is 0.0731. The molecule has 0 saturated carbocycles. The molecular formula is C11H16O4S. The summed E-state index contributed by atoms with van der Waals surface area (Å²) in [6.45, 7) is 1.98. The van der Waals surface area contributed by atoms with Crippen LogP contribution < -0.4 is 0 Å². The lowest BCUT2D eigenvalue weighted by atomic mass is 10.1. The molecule has 0 saturated heterocycles. The van der Waals surface area contributed by atoms with E-state index in [0.29, 0.717) is 0 Å². The van der Waals surface area contributed by atoms with Gasteiger partial charge in [0.25, 0.3) is 10.1 Å². The van der Waals surface area contributed by atoms with Crippen molar-refractivity contribution in [1.29, 1.82) is 0 Å². The monoisotopic (exact) mass is 244 g/mol. The minimum Gasteiger partial charge on any atom is -0.382 e. The fourth-order valence-electron chi connectivity index (χ4n) is 1.32. The molecule has 0 unspecified atom stereocenters. The highest BCUT2D eigenvalue weighted by Gasteiger charge is 2.08. The van der Waals surface area contributed by atoms with E-state index in [-0.39, 0.29) is 11.0 Å². The summed E-state index contributed by atoms with van der Waals surface area (Å²) >= 11 is 0. The second-order valence-corrected chi connectivity index (χ2v) is 5.13. The van der Waals surface area contributed by atoms with Gasteiger partial charge in [-0.25, -0.2) is 0 Å². The number of ether oxygens (including phenoxy) is 1. The van der Waals surface area contributed by atoms with Gasteiger partial charge >= 0.3 is 0 Å². The second-order valence-electron chi connectivity index (χ2n) is 3.70. The molecule has 0 radical (unpaired) electrons. The molecule has 90 valence electrons. The van der Waals surface area contributed by atoms with E-state index in [1.165, 1.54) is 12.1 Å². The van der Waals surface area contributed by atoms with Crippen molar-refractivity contribution < 1.29 is 17.7 Å². The Kier molecular flexibility index (Phi) is 4.46. The highest BCUT2D eigenvalue weighted by molar-refractivity contribution is 7.85. The van der Waals surface area contributed by atoms with Crippen LogP contribution in [-0.4, -0.2) is 26.2 Å². The van der Waals surface area contributed by atoms with Crippen molar-refractivity contribution in [2.24, 2.45) is 0 Å². The van der Waals surface area contributed by atoms with Crippen molar-refractivity contribution >= 4 is 10.1 Å².